The number of rotatable bonds is 3. The minimum absolute atomic E-state index is 0.509. The maximum atomic E-state index is 10.8. The molecule has 0 aromatic heterocycles. The van der Waals surface area contributed by atoms with Crippen molar-refractivity contribution in [3.8, 4) is 11.5 Å². The summed E-state index contributed by atoms with van der Waals surface area (Å²) in [5, 5.41) is 2.50. The number of hydrogen-bond acceptors (Lipinski definition) is 3. The number of carbonyl (C=O) groups excluding carboxylic acids is 1. The predicted molar refractivity (Wildman–Crippen MR) is 62.2 cm³/mol. The van der Waals surface area contributed by atoms with Gasteiger partial charge in [-0.15, -0.1) is 0 Å². The Balaban J connectivity index is 3.34. The Morgan fingerprint density at radius 3 is 2.31 bits per heavy atom. The van der Waals surface area contributed by atoms with Crippen molar-refractivity contribution in [2.24, 2.45) is 5.73 Å². The van der Waals surface area contributed by atoms with E-state index in [1.807, 2.05) is 13.8 Å². The third kappa shape index (κ3) is 2.18. The van der Waals surface area contributed by atoms with E-state index in [4.69, 9.17) is 15.2 Å². The van der Waals surface area contributed by atoms with Crippen LogP contribution in [0, 0.1) is 13.8 Å². The van der Waals surface area contributed by atoms with Crippen molar-refractivity contribution >= 4 is 11.7 Å². The van der Waals surface area contributed by atoms with E-state index in [2.05, 4.69) is 5.32 Å². The molecule has 0 aliphatic rings. The van der Waals surface area contributed by atoms with E-state index in [9.17, 15) is 4.79 Å². The van der Waals surface area contributed by atoms with Crippen LogP contribution in [-0.2, 0) is 0 Å². The molecule has 1 aromatic rings. The number of urea groups is 1. The fourth-order valence-corrected chi connectivity index (χ4v) is 1.56. The molecule has 3 N–H and O–H groups in total. The lowest BCUT2D eigenvalue weighted by molar-refractivity contribution is 0.259. The zero-order valence-electron chi connectivity index (χ0n) is 9.88. The van der Waals surface area contributed by atoms with Gasteiger partial charge in [0.25, 0.3) is 0 Å². The van der Waals surface area contributed by atoms with Gasteiger partial charge in [0.1, 0.15) is 11.5 Å². The van der Waals surface area contributed by atoms with Crippen LogP contribution in [0.3, 0.4) is 0 Å². The van der Waals surface area contributed by atoms with Crippen molar-refractivity contribution in [2.45, 2.75) is 13.8 Å². The molecule has 0 bridgehead atoms. The van der Waals surface area contributed by atoms with Crippen LogP contribution in [0.25, 0.3) is 0 Å². The van der Waals surface area contributed by atoms with Gasteiger partial charge in [0, 0.05) is 6.07 Å². The van der Waals surface area contributed by atoms with Crippen molar-refractivity contribution in [3.63, 3.8) is 0 Å². The molecule has 1 aromatic carbocycles. The molecule has 0 saturated heterocycles. The SMILES string of the molecule is COc1cc(NC(N)=O)c(OC)c(C)c1C. The Hall–Kier alpha value is -1.91. The van der Waals surface area contributed by atoms with E-state index in [1.54, 1.807) is 20.3 Å². The third-order valence-electron chi connectivity index (χ3n) is 2.47. The van der Waals surface area contributed by atoms with Gasteiger partial charge in [-0.1, -0.05) is 0 Å². The van der Waals surface area contributed by atoms with Crippen molar-refractivity contribution in [1.29, 1.82) is 0 Å². The van der Waals surface area contributed by atoms with E-state index in [1.165, 1.54) is 0 Å². The number of methoxy groups -OCH3 is 2. The van der Waals surface area contributed by atoms with Gasteiger partial charge in [0.05, 0.1) is 19.9 Å². The lowest BCUT2D eigenvalue weighted by Crippen LogP contribution is -2.20. The Bertz CT molecular complexity index is 416. The second-order valence-electron chi connectivity index (χ2n) is 3.40. The Labute approximate surface area is 94.5 Å². The normalized spacial score (nSPS) is 9.75. The van der Waals surface area contributed by atoms with E-state index in [-0.39, 0.29) is 0 Å². The van der Waals surface area contributed by atoms with E-state index in [0.29, 0.717) is 17.2 Å². The van der Waals surface area contributed by atoms with Gasteiger partial charge in [-0.3, -0.25) is 0 Å². The predicted octanol–water partition coefficient (Wildman–Crippen LogP) is 1.81. The molecule has 5 nitrogen and oxygen atoms in total. The molecule has 5 heteroatoms. The molecule has 1 rings (SSSR count). The summed E-state index contributed by atoms with van der Waals surface area (Å²) < 4.78 is 10.4. The average Bonchev–Trinajstić information content (AvgIpc) is 2.23. The molecule has 88 valence electrons. The summed E-state index contributed by atoms with van der Waals surface area (Å²) in [5.41, 5.74) is 7.47. The Morgan fingerprint density at radius 1 is 1.25 bits per heavy atom. The number of hydrogen-bond donors (Lipinski definition) is 2. The molecule has 0 unspecified atom stereocenters. The summed E-state index contributed by atoms with van der Waals surface area (Å²) in [6.45, 7) is 3.81. The van der Waals surface area contributed by atoms with Crippen molar-refractivity contribution < 1.29 is 14.3 Å². The summed E-state index contributed by atoms with van der Waals surface area (Å²) >= 11 is 0. The van der Waals surface area contributed by atoms with Crippen molar-refractivity contribution in [1.82, 2.24) is 0 Å². The Kier molecular flexibility index (Phi) is 3.60. The van der Waals surface area contributed by atoms with Gasteiger partial charge in [-0.2, -0.15) is 0 Å². The van der Waals surface area contributed by atoms with Crippen LogP contribution < -0.4 is 20.5 Å². The number of amides is 2. The first-order chi connectivity index (χ1) is 7.51. The van der Waals surface area contributed by atoms with E-state index < -0.39 is 6.03 Å². The number of anilines is 1. The highest BCUT2D eigenvalue weighted by Gasteiger charge is 2.14. The molecule has 0 atom stereocenters. The van der Waals surface area contributed by atoms with Crippen LogP contribution in [0.5, 0.6) is 11.5 Å². The summed E-state index contributed by atoms with van der Waals surface area (Å²) in [5.74, 6) is 1.28. The van der Waals surface area contributed by atoms with Gasteiger partial charge < -0.3 is 20.5 Å². The van der Waals surface area contributed by atoms with Crippen LogP contribution in [0.1, 0.15) is 11.1 Å². The smallest absolute Gasteiger partial charge is 0.316 e. The van der Waals surface area contributed by atoms with E-state index >= 15 is 0 Å². The molecule has 0 fully saturated rings. The summed E-state index contributed by atoms with van der Waals surface area (Å²) in [6, 6.07) is 1.05. The topological polar surface area (TPSA) is 73.6 Å². The number of primary amides is 1. The summed E-state index contributed by atoms with van der Waals surface area (Å²) in [6.07, 6.45) is 0. The van der Waals surface area contributed by atoms with Crippen LogP contribution in [-0.4, -0.2) is 20.3 Å². The monoisotopic (exact) mass is 224 g/mol. The number of ether oxygens (including phenoxy) is 2. The quantitative estimate of drug-likeness (QED) is 0.822. The molecule has 0 aliphatic carbocycles. The largest absolute Gasteiger partial charge is 0.496 e. The second kappa shape index (κ2) is 4.74. The molecule has 0 heterocycles. The maximum absolute atomic E-state index is 10.8. The standard InChI is InChI=1S/C11H16N2O3/c1-6-7(2)10(16-4)8(13-11(12)14)5-9(6)15-3/h5H,1-4H3,(H3,12,13,14). The number of nitrogens with one attached hydrogen (secondary N) is 1. The Morgan fingerprint density at radius 2 is 1.88 bits per heavy atom. The van der Waals surface area contributed by atoms with Crippen molar-refractivity contribution in [2.75, 3.05) is 19.5 Å². The highest BCUT2D eigenvalue weighted by molar-refractivity contribution is 5.90. The molecule has 0 saturated carbocycles. The minimum atomic E-state index is -0.636. The highest BCUT2D eigenvalue weighted by atomic mass is 16.5. The fourth-order valence-electron chi connectivity index (χ4n) is 1.56. The van der Waals surface area contributed by atoms with E-state index in [0.717, 1.165) is 11.1 Å². The van der Waals surface area contributed by atoms with Gasteiger partial charge in [0.15, 0.2) is 0 Å². The van der Waals surface area contributed by atoms with Crippen LogP contribution in [0.2, 0.25) is 0 Å². The molecule has 0 spiro atoms. The zero-order valence-corrected chi connectivity index (χ0v) is 9.88. The summed E-state index contributed by atoms with van der Waals surface area (Å²) in [4.78, 5) is 10.8. The first kappa shape index (κ1) is 12.2. The van der Waals surface area contributed by atoms with Crippen LogP contribution in [0.15, 0.2) is 6.07 Å². The number of nitrogens with two attached hydrogens (primary N) is 1. The lowest BCUT2D eigenvalue weighted by Gasteiger charge is -2.16. The molecule has 2 amide bonds. The van der Waals surface area contributed by atoms with Crippen LogP contribution >= 0.6 is 0 Å². The van der Waals surface area contributed by atoms with Gasteiger partial charge in [0.2, 0.25) is 0 Å². The molecule has 16 heavy (non-hydrogen) atoms. The van der Waals surface area contributed by atoms with Gasteiger partial charge in [-0.05, 0) is 25.0 Å². The lowest BCUT2D eigenvalue weighted by atomic mass is 10.1. The van der Waals surface area contributed by atoms with Gasteiger partial charge in [-0.25, -0.2) is 4.79 Å². The first-order valence-corrected chi connectivity index (χ1v) is 4.79. The van der Waals surface area contributed by atoms with Crippen molar-refractivity contribution in [3.05, 3.63) is 17.2 Å². The number of carbonyl (C=O) groups is 1. The molecule has 0 aliphatic heterocycles. The average molecular weight is 224 g/mol. The molecule has 0 radical (unpaired) electrons. The maximum Gasteiger partial charge on any atom is 0.316 e. The van der Waals surface area contributed by atoms with Crippen LogP contribution in [0.4, 0.5) is 10.5 Å². The summed E-state index contributed by atoms with van der Waals surface area (Å²) in [7, 11) is 3.11. The highest BCUT2D eigenvalue weighted by Crippen LogP contribution is 2.36. The molecular weight excluding hydrogens is 208 g/mol. The fraction of sp³-hybridized carbons (Fsp3) is 0.364. The first-order valence-electron chi connectivity index (χ1n) is 4.79. The number of benzene rings is 1. The second-order valence-corrected chi connectivity index (χ2v) is 3.40. The van der Waals surface area contributed by atoms with Gasteiger partial charge >= 0.3 is 6.03 Å². The zero-order chi connectivity index (χ0) is 12.3. The third-order valence-corrected chi connectivity index (χ3v) is 2.47. The minimum Gasteiger partial charge on any atom is -0.496 e. The molecular formula is C11H16N2O3.